The predicted octanol–water partition coefficient (Wildman–Crippen LogP) is 1.47. The van der Waals surface area contributed by atoms with Crippen LogP contribution in [0.25, 0.3) is 5.69 Å². The number of nitrogen functional groups attached to an aromatic ring is 1. The molecule has 18 heavy (non-hydrogen) atoms. The zero-order valence-corrected chi connectivity index (χ0v) is 10.0. The van der Waals surface area contributed by atoms with E-state index in [1.807, 2.05) is 0 Å². The summed E-state index contributed by atoms with van der Waals surface area (Å²) < 4.78 is 6.45. The Kier molecular flexibility index (Phi) is 2.93. The Morgan fingerprint density at radius 1 is 1.39 bits per heavy atom. The van der Waals surface area contributed by atoms with Crippen LogP contribution >= 0.6 is 0 Å². The molecule has 0 spiro atoms. The van der Waals surface area contributed by atoms with Crippen molar-refractivity contribution < 1.29 is 14.6 Å². The summed E-state index contributed by atoms with van der Waals surface area (Å²) in [6, 6.07) is 7.03. The first-order valence-electron chi connectivity index (χ1n) is 5.27. The van der Waals surface area contributed by atoms with Crippen LogP contribution in [0.3, 0.4) is 0 Å². The highest BCUT2D eigenvalue weighted by molar-refractivity contribution is 5.94. The molecule has 0 aliphatic rings. The maximum absolute atomic E-state index is 11.0. The maximum atomic E-state index is 11.0. The summed E-state index contributed by atoms with van der Waals surface area (Å²) in [7, 11) is 1.57. The average molecular weight is 247 g/mol. The van der Waals surface area contributed by atoms with Crippen LogP contribution < -0.4 is 10.5 Å². The third-order valence-corrected chi connectivity index (χ3v) is 2.63. The fraction of sp³-hybridized carbons (Fsp3) is 0.167. The molecule has 0 aliphatic carbocycles. The summed E-state index contributed by atoms with van der Waals surface area (Å²) in [4.78, 5) is 11.0. The van der Waals surface area contributed by atoms with Crippen molar-refractivity contribution in [2.45, 2.75) is 6.92 Å². The van der Waals surface area contributed by atoms with Crippen LogP contribution in [0, 0.1) is 6.92 Å². The summed E-state index contributed by atoms with van der Waals surface area (Å²) in [6.07, 6.45) is 0. The largest absolute Gasteiger partial charge is 0.497 e. The van der Waals surface area contributed by atoms with E-state index in [4.69, 9.17) is 15.6 Å². The first kappa shape index (κ1) is 12.0. The number of aryl methyl sites for hydroxylation is 1. The van der Waals surface area contributed by atoms with Crippen LogP contribution in [0.2, 0.25) is 0 Å². The molecule has 0 unspecified atom stereocenters. The van der Waals surface area contributed by atoms with Crippen molar-refractivity contribution in [1.82, 2.24) is 9.78 Å². The highest BCUT2D eigenvalue weighted by Gasteiger charge is 2.19. The molecule has 0 amide bonds. The molecule has 2 rings (SSSR count). The van der Waals surface area contributed by atoms with Crippen LogP contribution in [-0.2, 0) is 0 Å². The monoisotopic (exact) mass is 247 g/mol. The van der Waals surface area contributed by atoms with Crippen molar-refractivity contribution in [1.29, 1.82) is 0 Å². The van der Waals surface area contributed by atoms with Gasteiger partial charge in [0.1, 0.15) is 17.1 Å². The number of nitrogens with two attached hydrogens (primary N) is 1. The van der Waals surface area contributed by atoms with Gasteiger partial charge in [-0.2, -0.15) is 5.10 Å². The van der Waals surface area contributed by atoms with E-state index in [2.05, 4.69) is 5.10 Å². The van der Waals surface area contributed by atoms with E-state index in [1.54, 1.807) is 38.3 Å². The lowest BCUT2D eigenvalue weighted by atomic mass is 10.2. The Bertz CT molecular complexity index is 587. The summed E-state index contributed by atoms with van der Waals surface area (Å²) in [6.45, 7) is 1.61. The van der Waals surface area contributed by atoms with E-state index >= 15 is 0 Å². The lowest BCUT2D eigenvalue weighted by Gasteiger charge is -2.05. The van der Waals surface area contributed by atoms with Gasteiger partial charge in [0.05, 0.1) is 18.5 Å². The number of aromatic carboxylic acids is 1. The van der Waals surface area contributed by atoms with Crippen LogP contribution in [0.5, 0.6) is 5.75 Å². The molecule has 0 fully saturated rings. The van der Waals surface area contributed by atoms with E-state index in [9.17, 15) is 4.79 Å². The van der Waals surface area contributed by atoms with E-state index in [0.717, 1.165) is 0 Å². The number of carboxylic acids is 1. The minimum absolute atomic E-state index is 0.0332. The van der Waals surface area contributed by atoms with Crippen molar-refractivity contribution in [3.8, 4) is 11.4 Å². The van der Waals surface area contributed by atoms with E-state index in [1.165, 1.54) is 4.68 Å². The Balaban J connectivity index is 2.50. The number of benzene rings is 1. The van der Waals surface area contributed by atoms with Crippen LogP contribution in [0.15, 0.2) is 24.3 Å². The molecule has 0 saturated carbocycles. The molecule has 94 valence electrons. The normalized spacial score (nSPS) is 10.3. The van der Waals surface area contributed by atoms with E-state index < -0.39 is 5.97 Å². The molecule has 1 heterocycles. The van der Waals surface area contributed by atoms with Gasteiger partial charge in [0.15, 0.2) is 0 Å². The average Bonchev–Trinajstić information content (AvgIpc) is 2.65. The summed E-state index contributed by atoms with van der Waals surface area (Å²) in [5.74, 6) is -0.255. The number of aromatic nitrogens is 2. The third-order valence-electron chi connectivity index (χ3n) is 2.63. The minimum atomic E-state index is -1.08. The van der Waals surface area contributed by atoms with Crippen LogP contribution in [0.4, 0.5) is 5.82 Å². The highest BCUT2D eigenvalue weighted by atomic mass is 16.5. The van der Waals surface area contributed by atoms with Gasteiger partial charge in [0.25, 0.3) is 0 Å². The molecule has 1 aromatic heterocycles. The molecule has 6 heteroatoms. The fourth-order valence-electron chi connectivity index (χ4n) is 1.73. The second-order valence-electron chi connectivity index (χ2n) is 3.76. The maximum Gasteiger partial charge on any atom is 0.341 e. The lowest BCUT2D eigenvalue weighted by molar-refractivity contribution is 0.0697. The van der Waals surface area contributed by atoms with Gasteiger partial charge in [-0.25, -0.2) is 9.48 Å². The van der Waals surface area contributed by atoms with Crippen molar-refractivity contribution in [2.24, 2.45) is 0 Å². The molecule has 0 atom stereocenters. The predicted molar refractivity (Wildman–Crippen MR) is 66.2 cm³/mol. The first-order chi connectivity index (χ1) is 8.54. The Labute approximate surface area is 104 Å². The van der Waals surface area contributed by atoms with Gasteiger partial charge in [0, 0.05) is 0 Å². The smallest absolute Gasteiger partial charge is 0.341 e. The van der Waals surface area contributed by atoms with Gasteiger partial charge in [0.2, 0.25) is 0 Å². The zero-order chi connectivity index (χ0) is 13.3. The summed E-state index contributed by atoms with van der Waals surface area (Å²) in [5, 5.41) is 13.2. The van der Waals surface area contributed by atoms with Crippen molar-refractivity contribution >= 4 is 11.8 Å². The number of hydrogen-bond donors (Lipinski definition) is 2. The summed E-state index contributed by atoms with van der Waals surface area (Å²) >= 11 is 0. The second-order valence-corrected chi connectivity index (χ2v) is 3.76. The number of ether oxygens (including phenoxy) is 1. The molecule has 6 nitrogen and oxygen atoms in total. The lowest BCUT2D eigenvalue weighted by Crippen LogP contribution is -2.05. The number of carbonyl (C=O) groups is 1. The summed E-state index contributed by atoms with van der Waals surface area (Å²) in [5.41, 5.74) is 6.90. The molecule has 2 aromatic rings. The van der Waals surface area contributed by atoms with Gasteiger partial charge in [-0.1, -0.05) is 0 Å². The van der Waals surface area contributed by atoms with Crippen molar-refractivity contribution in [3.05, 3.63) is 35.5 Å². The Hall–Kier alpha value is -2.50. The number of carboxylic acid groups (broad SMARTS) is 1. The number of nitrogens with zero attached hydrogens (tertiary/aromatic N) is 2. The SMILES string of the molecule is COc1ccc(-n2nc(C)c(C(=O)O)c2N)cc1. The van der Waals surface area contributed by atoms with Gasteiger partial charge in [-0.15, -0.1) is 0 Å². The topological polar surface area (TPSA) is 90.4 Å². The van der Waals surface area contributed by atoms with Crippen molar-refractivity contribution in [3.63, 3.8) is 0 Å². The van der Waals surface area contributed by atoms with E-state index in [0.29, 0.717) is 17.1 Å². The van der Waals surface area contributed by atoms with Crippen molar-refractivity contribution in [2.75, 3.05) is 12.8 Å². The molecular formula is C12H13N3O3. The molecule has 0 saturated heterocycles. The van der Waals surface area contributed by atoms with Gasteiger partial charge in [-0.3, -0.25) is 0 Å². The quantitative estimate of drug-likeness (QED) is 0.857. The fourth-order valence-corrected chi connectivity index (χ4v) is 1.73. The zero-order valence-electron chi connectivity index (χ0n) is 10.0. The van der Waals surface area contributed by atoms with Crippen LogP contribution in [-0.4, -0.2) is 28.0 Å². The minimum Gasteiger partial charge on any atom is -0.497 e. The second kappa shape index (κ2) is 4.40. The number of anilines is 1. The molecule has 3 N–H and O–H groups in total. The number of hydrogen-bond acceptors (Lipinski definition) is 4. The molecule has 0 bridgehead atoms. The van der Waals surface area contributed by atoms with Crippen LogP contribution in [0.1, 0.15) is 16.1 Å². The molecular weight excluding hydrogens is 234 g/mol. The first-order valence-corrected chi connectivity index (χ1v) is 5.27. The Morgan fingerprint density at radius 3 is 2.44 bits per heavy atom. The standard InChI is InChI=1S/C12H13N3O3/c1-7-10(12(16)17)11(13)15(14-7)8-3-5-9(18-2)6-4-8/h3-6H,13H2,1-2H3,(H,16,17). The Morgan fingerprint density at radius 2 is 2.00 bits per heavy atom. The van der Waals surface area contributed by atoms with E-state index in [-0.39, 0.29) is 11.4 Å². The molecule has 0 aliphatic heterocycles. The highest BCUT2D eigenvalue weighted by Crippen LogP contribution is 2.22. The molecule has 0 radical (unpaired) electrons. The van der Waals surface area contributed by atoms with Gasteiger partial charge in [-0.05, 0) is 31.2 Å². The number of rotatable bonds is 3. The van der Waals surface area contributed by atoms with Gasteiger partial charge >= 0.3 is 5.97 Å². The molecule has 1 aromatic carbocycles. The van der Waals surface area contributed by atoms with Gasteiger partial charge < -0.3 is 15.6 Å². The third kappa shape index (κ3) is 1.88. The number of methoxy groups -OCH3 is 1.